The SMILES string of the molecule is CC1(C)Cc2c(c3c(n2-c2cc(F)c(C(N)=O)c(NC4CCC(OCCN5CCCCC5)CC4)c2)COC3)S(=O)(=O)C1. The summed E-state index contributed by atoms with van der Waals surface area (Å²) in [5, 5.41) is 3.42. The van der Waals surface area contributed by atoms with Crippen molar-refractivity contribution in [3.05, 3.63) is 40.5 Å². The Balaban J connectivity index is 1.23. The standard InChI is InChI=1S/C31H43FN4O5S/c1-31(2)16-26-29(42(38,39)19-31)23-17-40-18-27(23)36(26)21-14-24(32)28(30(33)37)25(15-21)34-20-6-8-22(9-7-20)41-13-12-35-10-4-3-5-11-35/h14-15,20,22,34H,3-13,16-19H2,1-2H3,(H2,33,37). The zero-order valence-electron chi connectivity index (χ0n) is 24.7. The van der Waals surface area contributed by atoms with Gasteiger partial charge in [0.1, 0.15) is 5.82 Å². The normalized spacial score (nSPS) is 25.1. The number of benzene rings is 1. The van der Waals surface area contributed by atoms with E-state index in [0.717, 1.165) is 57.6 Å². The maximum atomic E-state index is 15.6. The Kier molecular flexibility index (Phi) is 8.14. The first-order chi connectivity index (χ1) is 20.0. The minimum absolute atomic E-state index is 0.0339. The van der Waals surface area contributed by atoms with Crippen LogP contribution in [0.25, 0.3) is 5.69 Å². The van der Waals surface area contributed by atoms with Crippen LogP contribution in [0.2, 0.25) is 0 Å². The average molecular weight is 603 g/mol. The fourth-order valence-corrected chi connectivity index (χ4v) is 9.74. The van der Waals surface area contributed by atoms with E-state index < -0.39 is 27.0 Å². The minimum Gasteiger partial charge on any atom is -0.382 e. The van der Waals surface area contributed by atoms with Crippen LogP contribution in [0.3, 0.4) is 0 Å². The molecule has 230 valence electrons. The molecule has 2 fully saturated rings. The van der Waals surface area contributed by atoms with E-state index in [4.69, 9.17) is 15.2 Å². The van der Waals surface area contributed by atoms with Crippen molar-refractivity contribution in [1.29, 1.82) is 0 Å². The third-order valence-electron chi connectivity index (χ3n) is 9.27. The van der Waals surface area contributed by atoms with Crippen LogP contribution in [0.1, 0.15) is 86.1 Å². The van der Waals surface area contributed by atoms with Gasteiger partial charge >= 0.3 is 0 Å². The fourth-order valence-electron chi connectivity index (χ4n) is 7.39. The first-order valence-corrected chi connectivity index (χ1v) is 17.0. The van der Waals surface area contributed by atoms with Crippen LogP contribution in [-0.4, -0.2) is 67.9 Å². The molecule has 42 heavy (non-hydrogen) atoms. The van der Waals surface area contributed by atoms with Crippen molar-refractivity contribution in [1.82, 2.24) is 9.47 Å². The van der Waals surface area contributed by atoms with Crippen LogP contribution in [0.4, 0.5) is 10.1 Å². The topological polar surface area (TPSA) is 116 Å². The number of anilines is 1. The summed E-state index contributed by atoms with van der Waals surface area (Å²) in [6.07, 6.45) is 8.01. The van der Waals surface area contributed by atoms with Gasteiger partial charge < -0.3 is 30.0 Å². The van der Waals surface area contributed by atoms with Crippen LogP contribution >= 0.6 is 0 Å². The third-order valence-corrected chi connectivity index (χ3v) is 11.5. The monoisotopic (exact) mass is 602 g/mol. The van der Waals surface area contributed by atoms with E-state index in [1.807, 2.05) is 18.4 Å². The molecule has 0 spiro atoms. The Morgan fingerprint density at radius 1 is 1.12 bits per heavy atom. The van der Waals surface area contributed by atoms with E-state index >= 15 is 4.39 Å². The van der Waals surface area contributed by atoms with Gasteiger partial charge in [0.05, 0.1) is 59.2 Å². The second-order valence-corrected chi connectivity index (χ2v) is 15.2. The molecule has 0 radical (unpaired) electrons. The fraction of sp³-hybridized carbons (Fsp3) is 0.645. The number of carbonyl (C=O) groups is 1. The van der Waals surface area contributed by atoms with Gasteiger partial charge in [-0.25, -0.2) is 12.8 Å². The number of ether oxygens (including phenoxy) is 2. The number of piperidine rings is 1. The van der Waals surface area contributed by atoms with E-state index in [1.54, 1.807) is 6.07 Å². The molecule has 3 aliphatic heterocycles. The molecule has 9 nitrogen and oxygen atoms in total. The molecule has 0 unspecified atom stereocenters. The van der Waals surface area contributed by atoms with Gasteiger partial charge in [0.25, 0.3) is 5.91 Å². The van der Waals surface area contributed by atoms with E-state index in [1.165, 1.54) is 25.3 Å². The number of primary amides is 1. The molecule has 3 N–H and O–H groups in total. The van der Waals surface area contributed by atoms with Gasteiger partial charge in [0.15, 0.2) is 9.84 Å². The Morgan fingerprint density at radius 2 is 1.86 bits per heavy atom. The lowest BCUT2D eigenvalue weighted by Crippen LogP contribution is -2.35. The lowest BCUT2D eigenvalue weighted by Gasteiger charge is -2.32. The number of halogens is 1. The molecule has 1 saturated carbocycles. The third kappa shape index (κ3) is 5.85. The number of sulfone groups is 1. The summed E-state index contributed by atoms with van der Waals surface area (Å²) in [7, 11) is -3.54. The quantitative estimate of drug-likeness (QED) is 0.462. The van der Waals surface area contributed by atoms with Crippen molar-refractivity contribution in [2.24, 2.45) is 11.1 Å². The van der Waals surface area contributed by atoms with Gasteiger partial charge in [-0.2, -0.15) is 0 Å². The number of carbonyl (C=O) groups excluding carboxylic acids is 1. The number of nitrogens with two attached hydrogens (primary N) is 1. The van der Waals surface area contributed by atoms with Crippen molar-refractivity contribution in [3.63, 3.8) is 0 Å². The number of hydrogen-bond acceptors (Lipinski definition) is 7. The summed E-state index contributed by atoms with van der Waals surface area (Å²) < 4.78 is 56.1. The smallest absolute Gasteiger partial charge is 0.253 e. The molecule has 4 aliphatic rings. The van der Waals surface area contributed by atoms with E-state index in [2.05, 4.69) is 10.2 Å². The van der Waals surface area contributed by atoms with E-state index in [-0.39, 0.29) is 36.7 Å². The molecule has 11 heteroatoms. The number of amides is 1. The summed E-state index contributed by atoms with van der Waals surface area (Å²) in [4.78, 5) is 15.2. The molecule has 1 amide bonds. The van der Waals surface area contributed by atoms with Crippen molar-refractivity contribution in [2.45, 2.75) is 95.5 Å². The van der Waals surface area contributed by atoms with Gasteiger partial charge in [0.2, 0.25) is 0 Å². The van der Waals surface area contributed by atoms with Crippen molar-refractivity contribution < 1.29 is 27.1 Å². The second-order valence-electron chi connectivity index (χ2n) is 13.2. The molecule has 1 aromatic carbocycles. The molecule has 1 aliphatic carbocycles. The first kappa shape index (κ1) is 29.6. The first-order valence-electron chi connectivity index (χ1n) is 15.3. The molecule has 1 saturated heterocycles. The Morgan fingerprint density at radius 3 is 2.57 bits per heavy atom. The van der Waals surface area contributed by atoms with Gasteiger partial charge in [-0.05, 0) is 75.6 Å². The highest BCUT2D eigenvalue weighted by atomic mass is 32.2. The Labute approximate surface area is 247 Å². The number of nitrogens with one attached hydrogen (secondary N) is 1. The number of nitrogens with zero attached hydrogens (tertiary/aromatic N) is 2. The van der Waals surface area contributed by atoms with Crippen LogP contribution in [0.5, 0.6) is 0 Å². The highest BCUT2D eigenvalue weighted by Gasteiger charge is 2.43. The minimum atomic E-state index is -3.54. The Bertz CT molecular complexity index is 1460. The summed E-state index contributed by atoms with van der Waals surface area (Å²) >= 11 is 0. The van der Waals surface area contributed by atoms with Crippen molar-refractivity contribution in [2.75, 3.05) is 37.3 Å². The van der Waals surface area contributed by atoms with Crippen LogP contribution in [-0.2, 0) is 38.9 Å². The molecule has 2 aromatic rings. The van der Waals surface area contributed by atoms with Crippen molar-refractivity contribution >= 4 is 21.4 Å². The summed E-state index contributed by atoms with van der Waals surface area (Å²) in [5.41, 5.74) is 7.83. The van der Waals surface area contributed by atoms with Crippen LogP contribution < -0.4 is 11.1 Å². The van der Waals surface area contributed by atoms with E-state index in [0.29, 0.717) is 33.9 Å². The number of likely N-dealkylation sites (tertiary alicyclic amines) is 1. The second kappa shape index (κ2) is 11.6. The molecular weight excluding hydrogens is 559 g/mol. The number of hydrogen-bond donors (Lipinski definition) is 2. The zero-order valence-corrected chi connectivity index (χ0v) is 25.5. The van der Waals surface area contributed by atoms with Gasteiger partial charge in [0, 0.05) is 23.8 Å². The van der Waals surface area contributed by atoms with Crippen LogP contribution in [0, 0.1) is 11.2 Å². The lowest BCUT2D eigenvalue weighted by atomic mass is 9.89. The van der Waals surface area contributed by atoms with Gasteiger partial charge in [-0.15, -0.1) is 0 Å². The number of aromatic nitrogens is 1. The number of rotatable bonds is 8. The molecule has 1 aromatic heterocycles. The summed E-state index contributed by atoms with van der Waals surface area (Å²) in [6.45, 7) is 8.35. The summed E-state index contributed by atoms with van der Waals surface area (Å²) in [6, 6.07) is 3.05. The average Bonchev–Trinajstić information content (AvgIpc) is 3.49. The van der Waals surface area contributed by atoms with E-state index in [9.17, 15) is 13.2 Å². The highest BCUT2D eigenvalue weighted by molar-refractivity contribution is 7.91. The Hall–Kier alpha value is -2.47. The largest absolute Gasteiger partial charge is 0.382 e. The molecule has 0 bridgehead atoms. The molecular formula is C31H43FN4O5S. The van der Waals surface area contributed by atoms with Crippen LogP contribution in [0.15, 0.2) is 17.0 Å². The van der Waals surface area contributed by atoms with Gasteiger partial charge in [-0.3, -0.25) is 4.79 Å². The molecule has 4 heterocycles. The van der Waals surface area contributed by atoms with Crippen molar-refractivity contribution in [3.8, 4) is 5.69 Å². The maximum absolute atomic E-state index is 15.6. The number of fused-ring (bicyclic) bond motifs is 3. The molecule has 0 atom stereocenters. The predicted octanol–water partition coefficient (Wildman–Crippen LogP) is 4.33. The maximum Gasteiger partial charge on any atom is 0.253 e. The van der Waals surface area contributed by atoms with Gasteiger partial charge in [-0.1, -0.05) is 20.3 Å². The predicted molar refractivity (Wildman–Crippen MR) is 158 cm³/mol. The lowest BCUT2D eigenvalue weighted by molar-refractivity contribution is 0.0123. The molecule has 6 rings (SSSR count). The zero-order chi connectivity index (χ0) is 29.6. The highest BCUT2D eigenvalue weighted by Crippen LogP contribution is 2.44. The summed E-state index contributed by atoms with van der Waals surface area (Å²) in [5.74, 6) is -1.52.